The number of amides is 2. The molecule has 2 unspecified atom stereocenters. The van der Waals surface area contributed by atoms with Gasteiger partial charge < -0.3 is 16.0 Å². The van der Waals surface area contributed by atoms with Crippen LogP contribution in [0.1, 0.15) is 41.6 Å². The van der Waals surface area contributed by atoms with Crippen molar-refractivity contribution in [2.45, 2.75) is 42.4 Å². The van der Waals surface area contributed by atoms with E-state index in [1.54, 1.807) is 18.6 Å². The second-order valence-corrected chi connectivity index (χ2v) is 10.4. The lowest BCUT2D eigenvalue weighted by atomic mass is 9.91. The largest absolute Gasteiger partial charge is 0.368 e. The summed E-state index contributed by atoms with van der Waals surface area (Å²) in [6, 6.07) is 6.57. The van der Waals surface area contributed by atoms with E-state index in [9.17, 15) is 18.0 Å². The fourth-order valence-electron chi connectivity index (χ4n) is 3.86. The third-order valence-corrected chi connectivity index (χ3v) is 7.87. The predicted molar refractivity (Wildman–Crippen MR) is 107 cm³/mol. The summed E-state index contributed by atoms with van der Waals surface area (Å²) < 4.78 is 24.3. The van der Waals surface area contributed by atoms with Crippen LogP contribution in [0.5, 0.6) is 0 Å². The van der Waals surface area contributed by atoms with E-state index in [0.717, 1.165) is 25.8 Å². The second-order valence-electron chi connectivity index (χ2n) is 8.12. The van der Waals surface area contributed by atoms with Gasteiger partial charge in [0.25, 0.3) is 5.91 Å². The van der Waals surface area contributed by atoms with Gasteiger partial charge >= 0.3 is 0 Å². The van der Waals surface area contributed by atoms with Gasteiger partial charge in [-0.2, -0.15) is 0 Å². The smallest absolute Gasteiger partial charge is 0.251 e. The molecule has 1 heterocycles. The Morgan fingerprint density at radius 3 is 2.39 bits per heavy atom. The molecule has 0 aromatic heterocycles. The molecule has 1 aromatic rings. The van der Waals surface area contributed by atoms with Gasteiger partial charge in [0.2, 0.25) is 5.91 Å². The van der Waals surface area contributed by atoms with E-state index in [4.69, 9.17) is 5.73 Å². The van der Waals surface area contributed by atoms with Gasteiger partial charge in [0, 0.05) is 5.56 Å². The highest BCUT2D eigenvalue weighted by molar-refractivity contribution is 7.92. The van der Waals surface area contributed by atoms with Crippen LogP contribution < -0.4 is 11.1 Å². The van der Waals surface area contributed by atoms with Crippen molar-refractivity contribution in [2.75, 3.05) is 26.4 Å². The van der Waals surface area contributed by atoms with E-state index in [1.807, 2.05) is 12.1 Å². The summed E-state index contributed by atoms with van der Waals surface area (Å²) in [6.07, 6.45) is 5.32. The van der Waals surface area contributed by atoms with Crippen molar-refractivity contribution in [3.8, 4) is 0 Å². The molecule has 1 aromatic carbocycles. The van der Waals surface area contributed by atoms with Crippen LogP contribution in [0.15, 0.2) is 24.3 Å². The number of nitrogens with one attached hydrogen (secondary N) is 1. The molecule has 0 spiro atoms. The van der Waals surface area contributed by atoms with Crippen molar-refractivity contribution in [1.82, 2.24) is 10.2 Å². The van der Waals surface area contributed by atoms with Gasteiger partial charge in [-0.05, 0) is 75.9 Å². The summed E-state index contributed by atoms with van der Waals surface area (Å²) in [5.74, 6) is -1.47. The van der Waals surface area contributed by atoms with Gasteiger partial charge in [-0.25, -0.2) is 8.42 Å². The SMILES string of the molecule is CN(C)CCC1(c2ccc(C(=O)NC3[CH]CCS(=O)(=O)C3C(N)=O)cc2)CC1. The highest BCUT2D eigenvalue weighted by atomic mass is 32.2. The summed E-state index contributed by atoms with van der Waals surface area (Å²) in [6.45, 7) is 1.02. The lowest BCUT2D eigenvalue weighted by Crippen LogP contribution is -2.56. The number of carbonyl (C=O) groups excluding carboxylic acids is 2. The zero-order chi connectivity index (χ0) is 20.5. The molecule has 3 N–H and O–H groups in total. The van der Waals surface area contributed by atoms with E-state index >= 15 is 0 Å². The first-order chi connectivity index (χ1) is 13.1. The number of sulfone groups is 1. The van der Waals surface area contributed by atoms with Crippen molar-refractivity contribution in [1.29, 1.82) is 0 Å². The Bertz CT molecular complexity index is 845. The Balaban J connectivity index is 1.69. The molecular formula is C20H28N3O4S. The van der Waals surface area contributed by atoms with E-state index in [1.165, 1.54) is 5.56 Å². The molecule has 2 aliphatic rings. The number of benzene rings is 1. The van der Waals surface area contributed by atoms with Crippen LogP contribution in [0, 0.1) is 6.42 Å². The summed E-state index contributed by atoms with van der Waals surface area (Å²) in [5, 5.41) is 1.24. The summed E-state index contributed by atoms with van der Waals surface area (Å²) in [7, 11) is 0.466. The molecule has 2 fully saturated rings. The number of hydrogen-bond acceptors (Lipinski definition) is 5. The highest BCUT2D eigenvalue weighted by Crippen LogP contribution is 2.51. The number of hydrogen-bond donors (Lipinski definition) is 2. The monoisotopic (exact) mass is 406 g/mol. The average Bonchev–Trinajstić information content (AvgIpc) is 3.40. The van der Waals surface area contributed by atoms with Gasteiger partial charge in [0.05, 0.1) is 11.8 Å². The third kappa shape index (κ3) is 4.38. The minimum atomic E-state index is -3.66. The lowest BCUT2D eigenvalue weighted by molar-refractivity contribution is -0.117. The Hall–Kier alpha value is -1.93. The number of carbonyl (C=O) groups is 2. The Morgan fingerprint density at radius 1 is 1.21 bits per heavy atom. The quantitative estimate of drug-likeness (QED) is 0.691. The van der Waals surface area contributed by atoms with Crippen LogP contribution >= 0.6 is 0 Å². The number of rotatable bonds is 7. The van der Waals surface area contributed by atoms with Crippen molar-refractivity contribution in [3.05, 3.63) is 41.8 Å². The van der Waals surface area contributed by atoms with Crippen LogP contribution in [-0.4, -0.2) is 62.8 Å². The zero-order valence-corrected chi connectivity index (χ0v) is 17.2. The maximum atomic E-state index is 12.6. The average molecular weight is 407 g/mol. The summed E-state index contributed by atoms with van der Waals surface area (Å²) in [5.41, 5.74) is 7.16. The van der Waals surface area contributed by atoms with E-state index < -0.39 is 32.9 Å². The van der Waals surface area contributed by atoms with Gasteiger partial charge in [-0.15, -0.1) is 0 Å². The fourth-order valence-corrected chi connectivity index (χ4v) is 5.55. The predicted octanol–water partition coefficient (Wildman–Crippen LogP) is 0.645. The molecule has 28 heavy (non-hydrogen) atoms. The van der Waals surface area contributed by atoms with Gasteiger partial charge in [-0.3, -0.25) is 9.59 Å². The molecule has 7 nitrogen and oxygen atoms in total. The minimum absolute atomic E-state index is 0.128. The van der Waals surface area contributed by atoms with Gasteiger partial charge in [-0.1, -0.05) is 12.1 Å². The van der Waals surface area contributed by atoms with Crippen LogP contribution in [0.3, 0.4) is 0 Å². The van der Waals surface area contributed by atoms with E-state index in [2.05, 4.69) is 24.3 Å². The van der Waals surface area contributed by atoms with Crippen LogP contribution in [0.2, 0.25) is 0 Å². The molecule has 1 saturated carbocycles. The summed E-state index contributed by atoms with van der Waals surface area (Å²) in [4.78, 5) is 26.4. The van der Waals surface area contributed by atoms with E-state index in [-0.39, 0.29) is 17.6 Å². The molecule has 1 aliphatic carbocycles. The first-order valence-corrected chi connectivity index (χ1v) is 11.3. The van der Waals surface area contributed by atoms with Crippen molar-refractivity contribution in [2.24, 2.45) is 5.73 Å². The Labute approximate surface area is 166 Å². The molecule has 3 rings (SSSR count). The molecular weight excluding hydrogens is 378 g/mol. The van der Waals surface area contributed by atoms with Crippen LogP contribution in [-0.2, 0) is 20.0 Å². The first-order valence-electron chi connectivity index (χ1n) is 9.55. The van der Waals surface area contributed by atoms with Crippen molar-refractivity contribution in [3.63, 3.8) is 0 Å². The van der Waals surface area contributed by atoms with Gasteiger partial charge in [0.1, 0.15) is 0 Å². The van der Waals surface area contributed by atoms with Crippen molar-refractivity contribution < 1.29 is 18.0 Å². The molecule has 1 saturated heterocycles. The molecule has 153 valence electrons. The first kappa shape index (κ1) is 20.8. The highest BCUT2D eigenvalue weighted by Gasteiger charge is 2.44. The molecule has 8 heteroatoms. The fraction of sp³-hybridized carbons (Fsp3) is 0.550. The van der Waals surface area contributed by atoms with Crippen molar-refractivity contribution >= 4 is 21.7 Å². The molecule has 2 amide bonds. The van der Waals surface area contributed by atoms with Gasteiger partial charge in [0.15, 0.2) is 15.1 Å². The number of primary amides is 1. The lowest BCUT2D eigenvalue weighted by Gasteiger charge is -2.29. The zero-order valence-electron chi connectivity index (χ0n) is 16.3. The van der Waals surface area contributed by atoms with Crippen LogP contribution in [0.4, 0.5) is 0 Å². The minimum Gasteiger partial charge on any atom is -0.368 e. The standard InChI is InChI=1S/C20H28N3O4S/c1-23(2)12-11-20(9-10-20)15-7-5-14(6-8-15)19(25)22-16-4-3-13-28(26,27)17(16)18(21)24/h4-8,16-17H,3,9-13H2,1-2H3,(H2,21,24)(H,22,25). The molecule has 1 radical (unpaired) electrons. The molecule has 2 atom stereocenters. The van der Waals surface area contributed by atoms with Crippen LogP contribution in [0.25, 0.3) is 0 Å². The number of nitrogens with zero attached hydrogens (tertiary/aromatic N) is 1. The maximum absolute atomic E-state index is 12.6. The Morgan fingerprint density at radius 2 is 1.86 bits per heavy atom. The topological polar surface area (TPSA) is 110 Å². The third-order valence-electron chi connectivity index (χ3n) is 5.76. The number of nitrogens with two attached hydrogens (primary N) is 1. The summed E-state index contributed by atoms with van der Waals surface area (Å²) >= 11 is 0. The normalized spacial score (nSPS) is 25.2. The Kier molecular flexibility index (Phi) is 5.82. The molecule has 1 aliphatic heterocycles. The second kappa shape index (κ2) is 7.83. The molecule has 0 bridgehead atoms. The maximum Gasteiger partial charge on any atom is 0.251 e. The van der Waals surface area contributed by atoms with E-state index in [0.29, 0.717) is 5.56 Å².